The summed E-state index contributed by atoms with van der Waals surface area (Å²) in [5.74, 6) is 0. The maximum Gasteiger partial charge on any atom is 0.0189 e. The van der Waals surface area contributed by atoms with Crippen molar-refractivity contribution in [1.29, 1.82) is 0 Å². The van der Waals surface area contributed by atoms with Gasteiger partial charge in [-0.05, 0) is 35.1 Å². The first-order chi connectivity index (χ1) is 5.57. The molecular formula is C9H23N3. The summed E-state index contributed by atoms with van der Waals surface area (Å²) < 4.78 is 0. The van der Waals surface area contributed by atoms with Crippen LogP contribution in [0.4, 0.5) is 0 Å². The van der Waals surface area contributed by atoms with Crippen LogP contribution in [0.2, 0.25) is 0 Å². The molecule has 3 nitrogen and oxygen atoms in total. The van der Waals surface area contributed by atoms with Crippen molar-refractivity contribution in [2.24, 2.45) is 0 Å². The first-order valence-electron chi connectivity index (χ1n) is 4.57. The predicted molar refractivity (Wildman–Crippen MR) is 54.6 cm³/mol. The van der Waals surface area contributed by atoms with Crippen molar-refractivity contribution >= 4 is 0 Å². The summed E-state index contributed by atoms with van der Waals surface area (Å²) in [6.07, 6.45) is 0. The van der Waals surface area contributed by atoms with Crippen LogP contribution in [0.1, 0.15) is 6.92 Å². The fourth-order valence-corrected chi connectivity index (χ4v) is 1.03. The molecule has 1 N–H and O–H groups in total. The molecule has 1 atom stereocenters. The van der Waals surface area contributed by atoms with Gasteiger partial charge in [0, 0.05) is 25.7 Å². The molecule has 0 aliphatic rings. The van der Waals surface area contributed by atoms with Gasteiger partial charge in [-0.3, -0.25) is 0 Å². The predicted octanol–water partition coefficient (Wildman–Crippen LogP) is 0.0877. The zero-order valence-corrected chi connectivity index (χ0v) is 9.09. The van der Waals surface area contributed by atoms with Gasteiger partial charge in [0.1, 0.15) is 0 Å². The van der Waals surface area contributed by atoms with Gasteiger partial charge in [-0.2, -0.15) is 0 Å². The lowest BCUT2D eigenvalue weighted by atomic mass is 10.3. The van der Waals surface area contributed by atoms with Crippen molar-refractivity contribution in [3.05, 3.63) is 0 Å². The highest BCUT2D eigenvalue weighted by molar-refractivity contribution is 4.65. The SMILES string of the molecule is CNCC(C)N(C)CCN(C)C. The Kier molecular flexibility index (Phi) is 6.34. The van der Waals surface area contributed by atoms with Crippen molar-refractivity contribution < 1.29 is 0 Å². The van der Waals surface area contributed by atoms with Crippen LogP contribution < -0.4 is 5.32 Å². The zero-order valence-electron chi connectivity index (χ0n) is 9.09. The van der Waals surface area contributed by atoms with E-state index in [1.54, 1.807) is 0 Å². The number of hydrogen-bond acceptors (Lipinski definition) is 3. The molecule has 0 bridgehead atoms. The van der Waals surface area contributed by atoms with Crippen molar-refractivity contribution in [3.8, 4) is 0 Å². The third kappa shape index (κ3) is 5.52. The van der Waals surface area contributed by atoms with Gasteiger partial charge >= 0.3 is 0 Å². The Morgan fingerprint density at radius 3 is 2.17 bits per heavy atom. The molecule has 0 fully saturated rings. The lowest BCUT2D eigenvalue weighted by Crippen LogP contribution is -2.40. The van der Waals surface area contributed by atoms with E-state index < -0.39 is 0 Å². The molecule has 0 saturated heterocycles. The van der Waals surface area contributed by atoms with E-state index in [4.69, 9.17) is 0 Å². The van der Waals surface area contributed by atoms with Crippen molar-refractivity contribution in [3.63, 3.8) is 0 Å². The second kappa shape index (κ2) is 6.40. The minimum absolute atomic E-state index is 0.620. The fourth-order valence-electron chi connectivity index (χ4n) is 1.03. The van der Waals surface area contributed by atoms with Gasteiger partial charge in [0.25, 0.3) is 0 Å². The van der Waals surface area contributed by atoms with Crippen LogP contribution in [0.15, 0.2) is 0 Å². The molecule has 3 heteroatoms. The molecule has 0 aromatic rings. The molecule has 0 aromatic carbocycles. The molecule has 0 radical (unpaired) electrons. The van der Waals surface area contributed by atoms with E-state index in [1.165, 1.54) is 0 Å². The summed E-state index contributed by atoms with van der Waals surface area (Å²) >= 11 is 0. The van der Waals surface area contributed by atoms with Gasteiger partial charge in [-0.25, -0.2) is 0 Å². The van der Waals surface area contributed by atoms with Gasteiger partial charge in [-0.15, -0.1) is 0 Å². The molecule has 0 aliphatic heterocycles. The number of rotatable bonds is 6. The van der Waals surface area contributed by atoms with Crippen molar-refractivity contribution in [1.82, 2.24) is 15.1 Å². The van der Waals surface area contributed by atoms with Crippen LogP contribution in [0.5, 0.6) is 0 Å². The van der Waals surface area contributed by atoms with E-state index in [2.05, 4.69) is 43.2 Å². The Bertz CT molecular complexity index is 104. The Balaban J connectivity index is 3.49. The second-order valence-electron chi connectivity index (χ2n) is 3.69. The van der Waals surface area contributed by atoms with Crippen molar-refractivity contribution in [2.45, 2.75) is 13.0 Å². The molecule has 0 heterocycles. The number of hydrogen-bond donors (Lipinski definition) is 1. The molecule has 74 valence electrons. The lowest BCUT2D eigenvalue weighted by Gasteiger charge is -2.25. The third-order valence-electron chi connectivity index (χ3n) is 2.15. The standard InChI is InChI=1S/C9H23N3/c1-9(8-10-2)12(5)7-6-11(3)4/h9-10H,6-8H2,1-5H3. The Morgan fingerprint density at radius 2 is 1.75 bits per heavy atom. The van der Waals surface area contributed by atoms with Gasteiger partial charge in [0.2, 0.25) is 0 Å². The fraction of sp³-hybridized carbons (Fsp3) is 1.00. The van der Waals surface area contributed by atoms with Gasteiger partial charge in [-0.1, -0.05) is 0 Å². The van der Waals surface area contributed by atoms with E-state index in [1.807, 2.05) is 7.05 Å². The summed E-state index contributed by atoms with van der Waals surface area (Å²) in [5.41, 5.74) is 0. The van der Waals surface area contributed by atoms with Crippen LogP contribution in [0.3, 0.4) is 0 Å². The third-order valence-corrected chi connectivity index (χ3v) is 2.15. The minimum Gasteiger partial charge on any atom is -0.318 e. The first-order valence-corrected chi connectivity index (χ1v) is 4.57. The molecule has 0 rings (SSSR count). The van der Waals surface area contributed by atoms with Crippen LogP contribution in [0, 0.1) is 0 Å². The summed E-state index contributed by atoms with van der Waals surface area (Å²) in [6.45, 7) is 5.57. The summed E-state index contributed by atoms with van der Waals surface area (Å²) in [7, 11) is 8.38. The van der Waals surface area contributed by atoms with Gasteiger partial charge in [0.15, 0.2) is 0 Å². The Hall–Kier alpha value is -0.120. The van der Waals surface area contributed by atoms with Crippen LogP contribution >= 0.6 is 0 Å². The summed E-state index contributed by atoms with van der Waals surface area (Å²) in [5, 5.41) is 3.18. The molecule has 12 heavy (non-hydrogen) atoms. The molecular weight excluding hydrogens is 150 g/mol. The molecule has 1 unspecified atom stereocenters. The van der Waals surface area contributed by atoms with E-state index in [0.717, 1.165) is 19.6 Å². The van der Waals surface area contributed by atoms with E-state index in [0.29, 0.717) is 6.04 Å². The maximum absolute atomic E-state index is 3.18. The topological polar surface area (TPSA) is 18.5 Å². The molecule has 0 aliphatic carbocycles. The quantitative estimate of drug-likeness (QED) is 0.614. The summed E-state index contributed by atoms with van der Waals surface area (Å²) in [4.78, 5) is 4.58. The normalized spacial score (nSPS) is 14.2. The number of nitrogens with one attached hydrogen (secondary N) is 1. The van der Waals surface area contributed by atoms with Crippen LogP contribution in [-0.2, 0) is 0 Å². The Labute approximate surface area is 76.7 Å². The highest BCUT2D eigenvalue weighted by Gasteiger charge is 2.06. The Morgan fingerprint density at radius 1 is 1.17 bits per heavy atom. The average Bonchev–Trinajstić information content (AvgIpc) is 2.00. The largest absolute Gasteiger partial charge is 0.318 e. The monoisotopic (exact) mass is 173 g/mol. The molecule has 0 amide bonds. The van der Waals surface area contributed by atoms with E-state index in [9.17, 15) is 0 Å². The van der Waals surface area contributed by atoms with Crippen LogP contribution in [0.25, 0.3) is 0 Å². The minimum atomic E-state index is 0.620. The number of nitrogens with zero attached hydrogens (tertiary/aromatic N) is 2. The zero-order chi connectivity index (χ0) is 9.56. The molecule has 0 saturated carbocycles. The average molecular weight is 173 g/mol. The van der Waals surface area contributed by atoms with Gasteiger partial charge < -0.3 is 15.1 Å². The lowest BCUT2D eigenvalue weighted by molar-refractivity contribution is 0.227. The highest BCUT2D eigenvalue weighted by atomic mass is 15.2. The van der Waals surface area contributed by atoms with Crippen molar-refractivity contribution in [2.75, 3.05) is 47.8 Å². The highest BCUT2D eigenvalue weighted by Crippen LogP contribution is 1.93. The second-order valence-corrected chi connectivity index (χ2v) is 3.69. The van der Waals surface area contributed by atoms with Crippen LogP contribution in [-0.4, -0.2) is 63.7 Å². The molecule has 0 aromatic heterocycles. The smallest absolute Gasteiger partial charge is 0.0189 e. The first kappa shape index (κ1) is 11.9. The van der Waals surface area contributed by atoms with E-state index in [-0.39, 0.29) is 0 Å². The number of likely N-dealkylation sites (N-methyl/N-ethyl adjacent to an activating group) is 3. The summed E-state index contributed by atoms with van der Waals surface area (Å²) in [6, 6.07) is 0.620. The van der Waals surface area contributed by atoms with E-state index >= 15 is 0 Å². The van der Waals surface area contributed by atoms with Gasteiger partial charge in [0.05, 0.1) is 0 Å². The molecule has 0 spiro atoms. The maximum atomic E-state index is 3.18.